The third kappa shape index (κ3) is 4.21. The lowest BCUT2D eigenvalue weighted by Gasteiger charge is -2.27. The Labute approximate surface area is 166 Å². The third-order valence-electron chi connectivity index (χ3n) is 4.68. The van der Waals surface area contributed by atoms with E-state index in [4.69, 9.17) is 14.0 Å². The van der Waals surface area contributed by atoms with Crippen molar-refractivity contribution in [3.8, 4) is 22.9 Å². The fourth-order valence-corrected chi connectivity index (χ4v) is 3.06. The Hall–Kier alpha value is -3.42. The molecule has 1 aromatic heterocycles. The largest absolute Gasteiger partial charge is 0.454 e. The average Bonchev–Trinajstić information content (AvgIpc) is 3.35. The molecule has 3 aromatic rings. The zero-order chi connectivity index (χ0) is 20.4. The molecule has 0 fully saturated rings. The third-order valence-corrected chi connectivity index (χ3v) is 4.68. The van der Waals surface area contributed by atoms with E-state index in [1.54, 1.807) is 12.1 Å². The molecule has 0 bridgehead atoms. The SMILES string of the molecule is CC(C)(NC(=O)CCc1nc(-c2ccc(F)cc2)no1)c1ccc2c(c1)OCO2. The van der Waals surface area contributed by atoms with Crippen molar-refractivity contribution in [3.05, 3.63) is 59.7 Å². The summed E-state index contributed by atoms with van der Waals surface area (Å²) in [6, 6.07) is 11.4. The summed E-state index contributed by atoms with van der Waals surface area (Å²) < 4.78 is 28.9. The van der Waals surface area contributed by atoms with E-state index in [9.17, 15) is 9.18 Å². The zero-order valence-corrected chi connectivity index (χ0v) is 16.1. The second-order valence-corrected chi connectivity index (χ2v) is 7.26. The number of ether oxygens (including phenoxy) is 2. The van der Waals surface area contributed by atoms with Crippen LogP contribution in [0.25, 0.3) is 11.4 Å². The minimum absolute atomic E-state index is 0.144. The van der Waals surface area contributed by atoms with E-state index in [0.29, 0.717) is 35.2 Å². The summed E-state index contributed by atoms with van der Waals surface area (Å²) in [6.45, 7) is 4.04. The minimum Gasteiger partial charge on any atom is -0.454 e. The number of benzene rings is 2. The van der Waals surface area contributed by atoms with Crippen LogP contribution in [0.2, 0.25) is 0 Å². The standard InChI is InChI=1S/C21H20FN3O4/c1-21(2,14-5-8-16-17(11-14)28-12-27-16)24-18(26)9-10-19-23-20(25-29-19)13-3-6-15(22)7-4-13/h3-8,11H,9-10,12H2,1-2H3,(H,24,26). The Balaban J connectivity index is 1.35. The van der Waals surface area contributed by atoms with Crippen LogP contribution in [-0.4, -0.2) is 22.8 Å². The number of rotatable bonds is 6. The van der Waals surface area contributed by atoms with E-state index in [2.05, 4.69) is 15.5 Å². The number of hydrogen-bond donors (Lipinski definition) is 1. The predicted molar refractivity (Wildman–Crippen MR) is 102 cm³/mol. The highest BCUT2D eigenvalue weighted by Crippen LogP contribution is 2.35. The number of amides is 1. The number of aromatic nitrogens is 2. The number of halogens is 1. The van der Waals surface area contributed by atoms with Crippen LogP contribution in [0.3, 0.4) is 0 Å². The normalized spacial score (nSPS) is 12.8. The molecule has 2 heterocycles. The molecule has 0 saturated carbocycles. The van der Waals surface area contributed by atoms with Crippen molar-refractivity contribution >= 4 is 5.91 Å². The molecule has 0 aliphatic carbocycles. The molecule has 0 spiro atoms. The van der Waals surface area contributed by atoms with Crippen molar-refractivity contribution in [2.24, 2.45) is 0 Å². The van der Waals surface area contributed by atoms with E-state index < -0.39 is 5.54 Å². The van der Waals surface area contributed by atoms with E-state index in [-0.39, 0.29) is 24.9 Å². The van der Waals surface area contributed by atoms with Crippen molar-refractivity contribution in [1.29, 1.82) is 0 Å². The van der Waals surface area contributed by atoms with Crippen LogP contribution in [-0.2, 0) is 16.8 Å². The topological polar surface area (TPSA) is 86.5 Å². The number of fused-ring (bicyclic) bond motifs is 1. The molecule has 1 N–H and O–H groups in total. The Morgan fingerprint density at radius 1 is 1.14 bits per heavy atom. The van der Waals surface area contributed by atoms with Crippen molar-refractivity contribution in [1.82, 2.24) is 15.5 Å². The van der Waals surface area contributed by atoms with Gasteiger partial charge >= 0.3 is 0 Å². The highest BCUT2D eigenvalue weighted by atomic mass is 19.1. The highest BCUT2D eigenvalue weighted by molar-refractivity contribution is 5.77. The Kier molecular flexibility index (Phi) is 4.92. The second-order valence-electron chi connectivity index (χ2n) is 7.26. The number of aryl methyl sites for hydroxylation is 1. The number of nitrogens with one attached hydrogen (secondary N) is 1. The predicted octanol–water partition coefficient (Wildman–Crippen LogP) is 3.59. The fraction of sp³-hybridized carbons (Fsp3) is 0.286. The molecule has 7 nitrogen and oxygen atoms in total. The van der Waals surface area contributed by atoms with E-state index in [0.717, 1.165) is 5.56 Å². The molecule has 1 aliphatic rings. The van der Waals surface area contributed by atoms with Gasteiger partial charge < -0.3 is 19.3 Å². The van der Waals surface area contributed by atoms with Gasteiger partial charge in [0.1, 0.15) is 5.82 Å². The lowest BCUT2D eigenvalue weighted by atomic mass is 9.93. The monoisotopic (exact) mass is 397 g/mol. The summed E-state index contributed by atoms with van der Waals surface area (Å²) in [6.07, 6.45) is 0.496. The number of carbonyl (C=O) groups is 1. The minimum atomic E-state index is -0.591. The molecule has 0 unspecified atom stereocenters. The van der Waals surface area contributed by atoms with Crippen LogP contribution in [0.4, 0.5) is 4.39 Å². The van der Waals surface area contributed by atoms with Gasteiger partial charge in [0, 0.05) is 18.4 Å². The maximum Gasteiger partial charge on any atom is 0.231 e. The Morgan fingerprint density at radius 3 is 2.69 bits per heavy atom. The van der Waals surface area contributed by atoms with E-state index in [1.807, 2.05) is 32.0 Å². The number of carbonyl (C=O) groups excluding carboxylic acids is 1. The van der Waals surface area contributed by atoms with E-state index >= 15 is 0 Å². The van der Waals surface area contributed by atoms with Gasteiger partial charge in [0.15, 0.2) is 11.5 Å². The van der Waals surface area contributed by atoms with Crippen LogP contribution >= 0.6 is 0 Å². The molecule has 150 valence electrons. The quantitative estimate of drug-likeness (QED) is 0.684. The van der Waals surface area contributed by atoms with Crippen molar-refractivity contribution in [2.75, 3.05) is 6.79 Å². The summed E-state index contributed by atoms with van der Waals surface area (Å²) in [4.78, 5) is 16.7. The van der Waals surface area contributed by atoms with Gasteiger partial charge in [-0.15, -0.1) is 0 Å². The van der Waals surface area contributed by atoms with Crippen molar-refractivity contribution < 1.29 is 23.2 Å². The molecule has 1 amide bonds. The van der Waals surface area contributed by atoms with Gasteiger partial charge in [-0.25, -0.2) is 4.39 Å². The first-order valence-corrected chi connectivity index (χ1v) is 9.20. The van der Waals surface area contributed by atoms with Crippen molar-refractivity contribution in [3.63, 3.8) is 0 Å². The molecule has 4 rings (SSSR count). The van der Waals surface area contributed by atoms with Crippen molar-refractivity contribution in [2.45, 2.75) is 32.2 Å². The maximum absolute atomic E-state index is 13.0. The van der Waals surface area contributed by atoms with Crippen LogP contribution < -0.4 is 14.8 Å². The lowest BCUT2D eigenvalue weighted by Crippen LogP contribution is -2.41. The molecule has 0 radical (unpaired) electrons. The van der Waals surface area contributed by atoms with Gasteiger partial charge in [-0.3, -0.25) is 4.79 Å². The average molecular weight is 397 g/mol. The van der Waals surface area contributed by atoms with Gasteiger partial charge in [0.05, 0.1) is 5.54 Å². The smallest absolute Gasteiger partial charge is 0.231 e. The molecule has 8 heteroatoms. The molecule has 29 heavy (non-hydrogen) atoms. The zero-order valence-electron chi connectivity index (χ0n) is 16.1. The fourth-order valence-electron chi connectivity index (χ4n) is 3.06. The summed E-state index contributed by atoms with van der Waals surface area (Å²) >= 11 is 0. The first kappa shape index (κ1) is 18.9. The van der Waals surface area contributed by atoms with Gasteiger partial charge in [0.2, 0.25) is 24.4 Å². The van der Waals surface area contributed by atoms with Crippen LogP contribution in [0.15, 0.2) is 47.0 Å². The van der Waals surface area contributed by atoms with Gasteiger partial charge in [-0.2, -0.15) is 4.98 Å². The maximum atomic E-state index is 13.0. The molecule has 1 aliphatic heterocycles. The van der Waals surface area contributed by atoms with Gasteiger partial charge in [0.25, 0.3) is 0 Å². The van der Waals surface area contributed by atoms with Crippen LogP contribution in [0, 0.1) is 5.82 Å². The summed E-state index contributed by atoms with van der Waals surface area (Å²) in [5.74, 6) is 1.60. The van der Waals surface area contributed by atoms with Gasteiger partial charge in [-0.1, -0.05) is 11.2 Å². The number of hydrogen-bond acceptors (Lipinski definition) is 6. The molecule has 0 saturated heterocycles. The molecule has 0 atom stereocenters. The van der Waals surface area contributed by atoms with Crippen LogP contribution in [0.5, 0.6) is 11.5 Å². The molecule has 2 aromatic carbocycles. The molecular formula is C21H20FN3O4. The molecular weight excluding hydrogens is 377 g/mol. The Bertz CT molecular complexity index is 1030. The highest BCUT2D eigenvalue weighted by Gasteiger charge is 2.26. The number of nitrogens with zero attached hydrogens (tertiary/aromatic N) is 2. The van der Waals surface area contributed by atoms with Crippen LogP contribution in [0.1, 0.15) is 31.7 Å². The van der Waals surface area contributed by atoms with E-state index in [1.165, 1.54) is 12.1 Å². The Morgan fingerprint density at radius 2 is 1.90 bits per heavy atom. The van der Waals surface area contributed by atoms with Gasteiger partial charge in [-0.05, 0) is 55.8 Å². The first-order valence-electron chi connectivity index (χ1n) is 9.20. The second kappa shape index (κ2) is 7.54. The summed E-state index contributed by atoms with van der Waals surface area (Å²) in [5.41, 5.74) is 0.966. The summed E-state index contributed by atoms with van der Waals surface area (Å²) in [5, 5.41) is 6.90. The lowest BCUT2D eigenvalue weighted by molar-refractivity contribution is -0.122. The first-order chi connectivity index (χ1) is 13.9. The summed E-state index contributed by atoms with van der Waals surface area (Å²) in [7, 11) is 0.